The van der Waals surface area contributed by atoms with E-state index < -0.39 is 0 Å². The van der Waals surface area contributed by atoms with E-state index in [9.17, 15) is 4.79 Å². The lowest BCUT2D eigenvalue weighted by molar-refractivity contribution is 0.102. The number of nitrogens with zero attached hydrogens (tertiary/aromatic N) is 1. The van der Waals surface area contributed by atoms with Crippen LogP contribution in [-0.2, 0) is 0 Å². The normalized spacial score (nSPS) is 10.1. The maximum absolute atomic E-state index is 12.3. The lowest BCUT2D eigenvalue weighted by Crippen LogP contribution is -2.14. The van der Waals surface area contributed by atoms with E-state index in [1.54, 1.807) is 7.11 Å². The molecule has 0 unspecified atom stereocenters. The van der Waals surface area contributed by atoms with Crippen LogP contribution in [0.2, 0.25) is 0 Å². The topological polar surface area (TPSA) is 41.6 Å². The van der Waals surface area contributed by atoms with Crippen molar-refractivity contribution in [2.45, 2.75) is 6.92 Å². The molecule has 2 aromatic rings. The number of hydrogen-bond acceptors (Lipinski definition) is 3. The third-order valence-electron chi connectivity index (χ3n) is 3.30. The number of para-hydroxylation sites is 2. The van der Waals surface area contributed by atoms with E-state index >= 15 is 0 Å². The Morgan fingerprint density at radius 1 is 1.14 bits per heavy atom. The molecule has 0 aliphatic heterocycles. The van der Waals surface area contributed by atoms with Crippen LogP contribution in [0.25, 0.3) is 0 Å². The van der Waals surface area contributed by atoms with Gasteiger partial charge in [0.25, 0.3) is 5.91 Å². The maximum Gasteiger partial charge on any atom is 0.255 e. The zero-order valence-electron chi connectivity index (χ0n) is 12.8. The summed E-state index contributed by atoms with van der Waals surface area (Å²) in [6.07, 6.45) is 0. The summed E-state index contributed by atoms with van der Waals surface area (Å²) < 4.78 is 5.23. The van der Waals surface area contributed by atoms with E-state index in [2.05, 4.69) is 5.32 Å². The van der Waals surface area contributed by atoms with E-state index in [-0.39, 0.29) is 5.91 Å². The molecule has 21 heavy (non-hydrogen) atoms. The van der Waals surface area contributed by atoms with E-state index in [1.165, 1.54) is 0 Å². The van der Waals surface area contributed by atoms with Crippen LogP contribution < -0.4 is 15.0 Å². The fraction of sp³-hybridized carbons (Fsp3) is 0.235. The van der Waals surface area contributed by atoms with E-state index in [1.807, 2.05) is 68.4 Å². The van der Waals surface area contributed by atoms with Gasteiger partial charge in [0.05, 0.1) is 12.8 Å². The van der Waals surface area contributed by atoms with Crippen LogP contribution in [0.5, 0.6) is 5.75 Å². The van der Waals surface area contributed by atoms with Crippen LogP contribution in [0.3, 0.4) is 0 Å². The van der Waals surface area contributed by atoms with Crippen molar-refractivity contribution >= 4 is 17.3 Å². The molecule has 0 heterocycles. The third kappa shape index (κ3) is 3.34. The maximum atomic E-state index is 12.3. The summed E-state index contributed by atoms with van der Waals surface area (Å²) in [6, 6.07) is 13.0. The molecule has 0 bridgehead atoms. The Bertz CT molecular complexity index is 651. The molecule has 0 aliphatic carbocycles. The molecule has 4 heteroatoms. The Morgan fingerprint density at radius 3 is 2.48 bits per heavy atom. The molecule has 4 nitrogen and oxygen atoms in total. The first-order valence-electron chi connectivity index (χ1n) is 6.75. The molecule has 0 atom stereocenters. The van der Waals surface area contributed by atoms with E-state index in [4.69, 9.17) is 4.74 Å². The molecule has 0 saturated heterocycles. The summed E-state index contributed by atoms with van der Waals surface area (Å²) in [5.74, 6) is 0.500. The van der Waals surface area contributed by atoms with Crippen molar-refractivity contribution < 1.29 is 9.53 Å². The molecule has 0 radical (unpaired) electrons. The second kappa shape index (κ2) is 6.31. The predicted molar refractivity (Wildman–Crippen MR) is 86.5 cm³/mol. The Hall–Kier alpha value is -2.49. The lowest BCUT2D eigenvalue weighted by atomic mass is 10.1. The molecule has 0 spiro atoms. The molecule has 1 N–H and O–H groups in total. The Morgan fingerprint density at radius 2 is 1.86 bits per heavy atom. The molecule has 110 valence electrons. The fourth-order valence-corrected chi connectivity index (χ4v) is 2.24. The Kier molecular flexibility index (Phi) is 4.48. The minimum atomic E-state index is -0.145. The Balaban J connectivity index is 2.23. The van der Waals surface area contributed by atoms with Gasteiger partial charge in [-0.25, -0.2) is 0 Å². The number of benzene rings is 2. The number of anilines is 2. The number of nitrogens with one attached hydrogen (secondary N) is 1. The van der Waals surface area contributed by atoms with Crippen LogP contribution in [0.1, 0.15) is 15.9 Å². The molecule has 2 aromatic carbocycles. The van der Waals surface area contributed by atoms with Crippen molar-refractivity contribution in [2.24, 2.45) is 0 Å². The second-order valence-electron chi connectivity index (χ2n) is 5.05. The highest BCUT2D eigenvalue weighted by molar-refractivity contribution is 6.05. The molecule has 0 fully saturated rings. The van der Waals surface area contributed by atoms with Gasteiger partial charge in [0.1, 0.15) is 5.75 Å². The van der Waals surface area contributed by atoms with Gasteiger partial charge in [-0.2, -0.15) is 0 Å². The summed E-state index contributed by atoms with van der Waals surface area (Å²) in [7, 11) is 5.55. The molecule has 0 aliphatic rings. The largest absolute Gasteiger partial charge is 0.495 e. The number of rotatable bonds is 4. The highest BCUT2D eigenvalue weighted by Gasteiger charge is 2.11. The number of amides is 1. The summed E-state index contributed by atoms with van der Waals surface area (Å²) in [5, 5.41) is 2.88. The molecular formula is C17H20N2O2. The molecule has 2 rings (SSSR count). The summed E-state index contributed by atoms with van der Waals surface area (Å²) in [4.78, 5) is 14.4. The number of methoxy groups -OCH3 is 1. The standard InChI is InChI=1S/C17H20N2O2/c1-12-11-13(9-10-15(12)19(2)3)17(20)18-14-7-5-6-8-16(14)21-4/h5-11H,1-4H3,(H,18,20). The van der Waals surface area contributed by atoms with Crippen molar-refractivity contribution in [3.8, 4) is 5.75 Å². The van der Waals surface area contributed by atoms with Crippen LogP contribution in [0.4, 0.5) is 11.4 Å². The van der Waals surface area contributed by atoms with Gasteiger partial charge in [0.15, 0.2) is 0 Å². The molecular weight excluding hydrogens is 264 g/mol. The first-order chi connectivity index (χ1) is 10.0. The predicted octanol–water partition coefficient (Wildman–Crippen LogP) is 3.32. The van der Waals surface area contributed by atoms with Crippen molar-refractivity contribution in [3.63, 3.8) is 0 Å². The molecule has 1 amide bonds. The molecule has 0 saturated carbocycles. The first-order valence-corrected chi connectivity index (χ1v) is 6.75. The number of carbonyl (C=O) groups is 1. The number of aryl methyl sites for hydroxylation is 1. The van der Waals surface area contributed by atoms with Gasteiger partial charge in [-0.05, 0) is 42.8 Å². The average Bonchev–Trinajstić information content (AvgIpc) is 2.47. The van der Waals surface area contributed by atoms with E-state index in [0.717, 1.165) is 11.3 Å². The lowest BCUT2D eigenvalue weighted by Gasteiger charge is -2.16. The van der Waals surface area contributed by atoms with Crippen LogP contribution in [0.15, 0.2) is 42.5 Å². The van der Waals surface area contributed by atoms with Gasteiger partial charge in [-0.1, -0.05) is 12.1 Å². The minimum Gasteiger partial charge on any atom is -0.495 e. The molecule has 0 aromatic heterocycles. The minimum absolute atomic E-state index is 0.145. The third-order valence-corrected chi connectivity index (χ3v) is 3.30. The summed E-state index contributed by atoms with van der Waals surface area (Å²) in [6.45, 7) is 2.00. The van der Waals surface area contributed by atoms with Crippen molar-refractivity contribution in [3.05, 3.63) is 53.6 Å². The van der Waals surface area contributed by atoms with Gasteiger partial charge in [-0.3, -0.25) is 4.79 Å². The number of ether oxygens (including phenoxy) is 1. The van der Waals surface area contributed by atoms with Gasteiger partial charge in [0.2, 0.25) is 0 Å². The van der Waals surface area contributed by atoms with Crippen molar-refractivity contribution in [2.75, 3.05) is 31.4 Å². The first kappa shape index (κ1) is 14.9. The summed E-state index contributed by atoms with van der Waals surface area (Å²) in [5.41, 5.74) is 3.46. The Labute approximate surface area is 125 Å². The smallest absolute Gasteiger partial charge is 0.255 e. The second-order valence-corrected chi connectivity index (χ2v) is 5.05. The summed E-state index contributed by atoms with van der Waals surface area (Å²) >= 11 is 0. The van der Waals surface area contributed by atoms with Gasteiger partial charge in [0, 0.05) is 25.3 Å². The zero-order valence-corrected chi connectivity index (χ0v) is 12.8. The highest BCUT2D eigenvalue weighted by Crippen LogP contribution is 2.24. The average molecular weight is 284 g/mol. The number of hydrogen-bond donors (Lipinski definition) is 1. The van der Waals surface area contributed by atoms with Crippen molar-refractivity contribution in [1.29, 1.82) is 0 Å². The quantitative estimate of drug-likeness (QED) is 0.936. The SMILES string of the molecule is COc1ccccc1NC(=O)c1ccc(N(C)C)c(C)c1. The van der Waals surface area contributed by atoms with Crippen molar-refractivity contribution in [1.82, 2.24) is 0 Å². The van der Waals surface area contributed by atoms with Gasteiger partial charge >= 0.3 is 0 Å². The van der Waals surface area contributed by atoms with Gasteiger partial charge < -0.3 is 15.0 Å². The van der Waals surface area contributed by atoms with Crippen LogP contribution in [0, 0.1) is 6.92 Å². The number of carbonyl (C=O) groups excluding carboxylic acids is 1. The van der Waals surface area contributed by atoms with Gasteiger partial charge in [-0.15, -0.1) is 0 Å². The van der Waals surface area contributed by atoms with Crippen LogP contribution in [-0.4, -0.2) is 27.1 Å². The van der Waals surface area contributed by atoms with Crippen LogP contribution >= 0.6 is 0 Å². The monoisotopic (exact) mass is 284 g/mol. The highest BCUT2D eigenvalue weighted by atomic mass is 16.5. The van der Waals surface area contributed by atoms with E-state index in [0.29, 0.717) is 17.0 Å². The fourth-order valence-electron chi connectivity index (χ4n) is 2.24. The zero-order chi connectivity index (χ0) is 15.4.